The lowest BCUT2D eigenvalue weighted by Gasteiger charge is -2.22. The number of hydrogen-bond donors (Lipinski definition) is 3. The largest absolute Gasteiger partial charge is 0.416 e. The fourth-order valence-electron chi connectivity index (χ4n) is 1.92. The van der Waals surface area contributed by atoms with Gasteiger partial charge in [0, 0.05) is 13.1 Å². The zero-order chi connectivity index (χ0) is 14.8. The summed E-state index contributed by atoms with van der Waals surface area (Å²) in [6, 6.07) is 1.74. The highest BCUT2D eigenvalue weighted by atomic mass is 19.4. The van der Waals surface area contributed by atoms with Crippen LogP contribution in [0.1, 0.15) is 12.0 Å². The molecule has 1 amide bonds. The van der Waals surface area contributed by atoms with Crippen LogP contribution in [-0.4, -0.2) is 30.5 Å². The summed E-state index contributed by atoms with van der Waals surface area (Å²) < 4.78 is 38.4. The van der Waals surface area contributed by atoms with Crippen molar-refractivity contribution in [3.05, 3.63) is 17.7 Å². The van der Waals surface area contributed by atoms with Gasteiger partial charge in [-0.15, -0.1) is 0 Å². The number of hydrogen-bond acceptors (Lipinski definition) is 5. The van der Waals surface area contributed by atoms with E-state index in [0.717, 1.165) is 12.1 Å². The van der Waals surface area contributed by atoms with E-state index in [1.807, 2.05) is 0 Å². The minimum atomic E-state index is -4.50. The number of halogens is 3. The standard InChI is InChI=1S/C11H14F3N5O/c12-11(13,14)7-4-8(18-15)17-9(5-7)19-3-1-2-16-10(20)6-19/h4-5H,1-3,6,15H2,(H,16,20)(H,17,18). The summed E-state index contributed by atoms with van der Waals surface area (Å²) in [5, 5.41) is 2.65. The molecule has 0 atom stereocenters. The Hall–Kier alpha value is -2.03. The number of alkyl halides is 3. The first-order valence-electron chi connectivity index (χ1n) is 5.97. The zero-order valence-corrected chi connectivity index (χ0v) is 10.5. The highest BCUT2D eigenvalue weighted by Crippen LogP contribution is 2.32. The fraction of sp³-hybridized carbons (Fsp3) is 0.455. The number of nitrogen functional groups attached to an aromatic ring is 1. The van der Waals surface area contributed by atoms with Gasteiger partial charge >= 0.3 is 6.18 Å². The monoisotopic (exact) mass is 289 g/mol. The SMILES string of the molecule is NNc1cc(C(F)(F)F)cc(N2CCCNC(=O)C2)n1. The zero-order valence-electron chi connectivity index (χ0n) is 10.5. The van der Waals surface area contributed by atoms with Crippen LogP contribution in [0.4, 0.5) is 24.8 Å². The maximum atomic E-state index is 12.8. The van der Waals surface area contributed by atoms with E-state index in [9.17, 15) is 18.0 Å². The molecule has 1 aromatic heterocycles. The normalized spacial score (nSPS) is 16.6. The van der Waals surface area contributed by atoms with Gasteiger partial charge in [0.1, 0.15) is 11.6 Å². The third-order valence-electron chi connectivity index (χ3n) is 2.87. The molecule has 20 heavy (non-hydrogen) atoms. The minimum Gasteiger partial charge on any atom is -0.354 e. The van der Waals surface area contributed by atoms with E-state index in [-0.39, 0.29) is 24.1 Å². The Labute approximate surface area is 113 Å². The highest BCUT2D eigenvalue weighted by molar-refractivity contribution is 5.81. The molecule has 1 aromatic rings. The molecule has 0 unspecified atom stereocenters. The molecule has 1 aliphatic rings. The number of carbonyl (C=O) groups excluding carboxylic acids is 1. The third kappa shape index (κ3) is 3.29. The number of nitrogens with zero attached hydrogens (tertiary/aromatic N) is 2. The smallest absolute Gasteiger partial charge is 0.354 e. The summed E-state index contributed by atoms with van der Waals surface area (Å²) in [5.41, 5.74) is 1.25. The van der Waals surface area contributed by atoms with Gasteiger partial charge in [-0.2, -0.15) is 13.2 Å². The van der Waals surface area contributed by atoms with Gasteiger partial charge < -0.3 is 15.6 Å². The average Bonchev–Trinajstić information content (AvgIpc) is 2.62. The second kappa shape index (κ2) is 5.53. The fourth-order valence-corrected chi connectivity index (χ4v) is 1.92. The summed E-state index contributed by atoms with van der Waals surface area (Å²) in [4.78, 5) is 16.9. The molecule has 2 heterocycles. The molecule has 0 spiro atoms. The first-order chi connectivity index (χ1) is 9.40. The molecule has 1 saturated heterocycles. The predicted octanol–water partition coefficient (Wildman–Crippen LogP) is 0.712. The van der Waals surface area contributed by atoms with Crippen LogP contribution in [0.5, 0.6) is 0 Å². The van der Waals surface area contributed by atoms with Gasteiger partial charge in [0.2, 0.25) is 5.91 Å². The van der Waals surface area contributed by atoms with E-state index in [1.54, 1.807) is 0 Å². The van der Waals surface area contributed by atoms with Gasteiger partial charge in [-0.3, -0.25) is 4.79 Å². The number of nitrogens with two attached hydrogens (primary N) is 1. The van der Waals surface area contributed by atoms with Gasteiger partial charge in [0.05, 0.1) is 12.1 Å². The van der Waals surface area contributed by atoms with E-state index in [0.29, 0.717) is 19.5 Å². The average molecular weight is 289 g/mol. The molecule has 6 nitrogen and oxygen atoms in total. The molecule has 1 fully saturated rings. The van der Waals surface area contributed by atoms with E-state index in [1.165, 1.54) is 4.90 Å². The molecule has 1 aliphatic heterocycles. The second-order valence-electron chi connectivity index (χ2n) is 4.37. The van der Waals surface area contributed by atoms with Crippen LogP contribution in [-0.2, 0) is 11.0 Å². The van der Waals surface area contributed by atoms with Crippen molar-refractivity contribution in [2.75, 3.05) is 30.0 Å². The molecule has 2 rings (SSSR count). The molecule has 0 radical (unpaired) electrons. The van der Waals surface area contributed by atoms with Crippen molar-refractivity contribution in [2.24, 2.45) is 5.84 Å². The van der Waals surface area contributed by atoms with Gasteiger partial charge in [-0.25, -0.2) is 10.8 Å². The number of amides is 1. The number of nitrogens with one attached hydrogen (secondary N) is 2. The predicted molar refractivity (Wildman–Crippen MR) is 66.9 cm³/mol. The summed E-state index contributed by atoms with van der Waals surface area (Å²) in [6.45, 7) is 0.908. The van der Waals surface area contributed by atoms with E-state index < -0.39 is 11.7 Å². The van der Waals surface area contributed by atoms with E-state index in [4.69, 9.17) is 5.84 Å². The van der Waals surface area contributed by atoms with E-state index >= 15 is 0 Å². The third-order valence-corrected chi connectivity index (χ3v) is 2.87. The Morgan fingerprint density at radius 2 is 2.15 bits per heavy atom. The van der Waals surface area contributed by atoms with Crippen LogP contribution < -0.4 is 21.5 Å². The van der Waals surface area contributed by atoms with Crippen molar-refractivity contribution in [3.63, 3.8) is 0 Å². The summed E-state index contributed by atoms with van der Waals surface area (Å²) in [7, 11) is 0. The maximum absolute atomic E-state index is 12.8. The van der Waals surface area contributed by atoms with Crippen molar-refractivity contribution in [1.82, 2.24) is 10.3 Å². The minimum absolute atomic E-state index is 0.0294. The van der Waals surface area contributed by atoms with Crippen LogP contribution in [0.25, 0.3) is 0 Å². The van der Waals surface area contributed by atoms with E-state index in [2.05, 4.69) is 15.7 Å². The molecule has 0 bridgehead atoms. The Bertz CT molecular complexity index is 505. The van der Waals surface area contributed by atoms with Crippen molar-refractivity contribution >= 4 is 17.5 Å². The number of hydrazine groups is 1. The lowest BCUT2D eigenvalue weighted by Crippen LogP contribution is -2.33. The Morgan fingerprint density at radius 1 is 1.40 bits per heavy atom. The number of carbonyl (C=O) groups is 1. The van der Waals surface area contributed by atoms with Crippen LogP contribution >= 0.6 is 0 Å². The van der Waals surface area contributed by atoms with Crippen molar-refractivity contribution in [2.45, 2.75) is 12.6 Å². The first kappa shape index (κ1) is 14.4. The number of rotatable bonds is 2. The molecule has 0 aromatic carbocycles. The molecular formula is C11H14F3N5O. The van der Waals surface area contributed by atoms with Gasteiger partial charge in [-0.1, -0.05) is 0 Å². The molecular weight excluding hydrogens is 275 g/mol. The Morgan fingerprint density at radius 3 is 2.80 bits per heavy atom. The number of anilines is 2. The number of pyridine rings is 1. The molecule has 0 saturated carbocycles. The lowest BCUT2D eigenvalue weighted by atomic mass is 10.2. The Balaban J connectivity index is 2.36. The number of aromatic nitrogens is 1. The molecule has 9 heteroatoms. The molecule has 4 N–H and O–H groups in total. The highest BCUT2D eigenvalue weighted by Gasteiger charge is 2.32. The molecule has 110 valence electrons. The summed E-state index contributed by atoms with van der Waals surface area (Å²) in [6.07, 6.45) is -3.87. The van der Waals surface area contributed by atoms with Gasteiger partial charge in [0.15, 0.2) is 0 Å². The topological polar surface area (TPSA) is 83.3 Å². The van der Waals surface area contributed by atoms with Crippen LogP contribution in [0.2, 0.25) is 0 Å². The van der Waals surface area contributed by atoms with Gasteiger partial charge in [0.25, 0.3) is 0 Å². The van der Waals surface area contributed by atoms with Gasteiger partial charge in [-0.05, 0) is 18.6 Å². The van der Waals surface area contributed by atoms with Crippen LogP contribution in [0.15, 0.2) is 12.1 Å². The first-order valence-corrected chi connectivity index (χ1v) is 5.97. The summed E-state index contributed by atoms with van der Waals surface area (Å²) in [5.74, 6) is 4.87. The molecule has 0 aliphatic carbocycles. The Kier molecular flexibility index (Phi) is 3.98. The second-order valence-corrected chi connectivity index (χ2v) is 4.37. The maximum Gasteiger partial charge on any atom is 0.416 e. The van der Waals surface area contributed by atoms with Crippen molar-refractivity contribution in [1.29, 1.82) is 0 Å². The van der Waals surface area contributed by atoms with Crippen LogP contribution in [0, 0.1) is 0 Å². The van der Waals surface area contributed by atoms with Crippen molar-refractivity contribution in [3.8, 4) is 0 Å². The van der Waals surface area contributed by atoms with Crippen molar-refractivity contribution < 1.29 is 18.0 Å². The quantitative estimate of drug-likeness (QED) is 0.552. The van der Waals surface area contributed by atoms with Crippen LogP contribution in [0.3, 0.4) is 0 Å². The summed E-state index contributed by atoms with van der Waals surface area (Å²) >= 11 is 0. The lowest BCUT2D eigenvalue weighted by molar-refractivity contribution is -0.137.